The van der Waals surface area contributed by atoms with Crippen LogP contribution in [0.25, 0.3) is 0 Å². The van der Waals surface area contributed by atoms with Crippen molar-refractivity contribution in [3.8, 4) is 0 Å². The average molecular weight is 354 g/mol. The molecule has 6 heteroatoms. The van der Waals surface area contributed by atoms with Gasteiger partial charge in [0.05, 0.1) is 0 Å². The molecule has 2 aromatic rings. The van der Waals surface area contributed by atoms with E-state index in [0.717, 1.165) is 12.8 Å². The third kappa shape index (κ3) is 3.69. The second-order valence-corrected chi connectivity index (χ2v) is 6.44. The van der Waals surface area contributed by atoms with Gasteiger partial charge in [0.1, 0.15) is 17.4 Å². The SMILES string of the molecule is CN1CCCCC(C(=O)c2ccc(C(=O)c3ccc(F)cc3)cn2)C1=O. The normalized spacial score (nSPS) is 17.7. The van der Waals surface area contributed by atoms with Crippen molar-refractivity contribution < 1.29 is 18.8 Å². The smallest absolute Gasteiger partial charge is 0.233 e. The molecule has 3 rings (SSSR count). The van der Waals surface area contributed by atoms with Crippen LogP contribution in [-0.4, -0.2) is 40.9 Å². The first kappa shape index (κ1) is 17.9. The Bertz CT molecular complexity index is 831. The molecule has 134 valence electrons. The number of amides is 1. The van der Waals surface area contributed by atoms with Crippen molar-refractivity contribution in [3.05, 3.63) is 65.2 Å². The summed E-state index contributed by atoms with van der Waals surface area (Å²) in [5.41, 5.74) is 0.819. The van der Waals surface area contributed by atoms with Crippen LogP contribution < -0.4 is 0 Å². The number of rotatable bonds is 4. The van der Waals surface area contributed by atoms with Gasteiger partial charge >= 0.3 is 0 Å². The van der Waals surface area contributed by atoms with Crippen LogP contribution in [0.5, 0.6) is 0 Å². The molecule has 1 atom stereocenters. The lowest BCUT2D eigenvalue weighted by molar-refractivity contribution is -0.132. The summed E-state index contributed by atoms with van der Waals surface area (Å²) in [5, 5.41) is 0. The number of benzene rings is 1. The van der Waals surface area contributed by atoms with E-state index in [2.05, 4.69) is 4.98 Å². The van der Waals surface area contributed by atoms with Gasteiger partial charge in [0.15, 0.2) is 11.6 Å². The standard InChI is InChI=1S/C20H19FN2O3/c1-23-11-3-2-4-16(20(23)26)19(25)17-10-7-14(12-22-17)18(24)13-5-8-15(21)9-6-13/h5-10,12,16H,2-4,11H2,1H3. The zero-order valence-electron chi connectivity index (χ0n) is 14.4. The highest BCUT2D eigenvalue weighted by molar-refractivity contribution is 6.11. The van der Waals surface area contributed by atoms with E-state index in [9.17, 15) is 18.8 Å². The van der Waals surface area contributed by atoms with E-state index in [1.165, 1.54) is 42.6 Å². The van der Waals surface area contributed by atoms with E-state index >= 15 is 0 Å². The van der Waals surface area contributed by atoms with Crippen LogP contribution in [0.4, 0.5) is 4.39 Å². The van der Waals surface area contributed by atoms with E-state index in [1.807, 2.05) is 0 Å². The minimum atomic E-state index is -0.714. The van der Waals surface area contributed by atoms with Crippen LogP contribution in [-0.2, 0) is 4.79 Å². The van der Waals surface area contributed by atoms with Gasteiger partial charge in [0, 0.05) is 30.9 Å². The molecule has 1 aromatic heterocycles. The number of halogens is 1. The monoisotopic (exact) mass is 354 g/mol. The Hall–Kier alpha value is -2.89. The Morgan fingerprint density at radius 3 is 2.42 bits per heavy atom. The molecule has 1 aliphatic heterocycles. The lowest BCUT2D eigenvalue weighted by Crippen LogP contribution is -2.35. The number of hydrogen-bond donors (Lipinski definition) is 0. The first-order valence-corrected chi connectivity index (χ1v) is 8.53. The summed E-state index contributed by atoms with van der Waals surface area (Å²) in [4.78, 5) is 43.1. The molecule has 0 aliphatic carbocycles. The molecule has 5 nitrogen and oxygen atoms in total. The number of hydrogen-bond acceptors (Lipinski definition) is 4. The zero-order chi connectivity index (χ0) is 18.7. The summed E-state index contributed by atoms with van der Waals surface area (Å²) >= 11 is 0. The summed E-state index contributed by atoms with van der Waals surface area (Å²) < 4.78 is 13.0. The number of ketones is 2. The molecule has 1 unspecified atom stereocenters. The van der Waals surface area contributed by atoms with Crippen LogP contribution in [0.2, 0.25) is 0 Å². The minimum absolute atomic E-state index is 0.175. The lowest BCUT2D eigenvalue weighted by Gasteiger charge is -2.18. The molecule has 26 heavy (non-hydrogen) atoms. The Morgan fingerprint density at radius 2 is 1.77 bits per heavy atom. The highest BCUT2D eigenvalue weighted by atomic mass is 19.1. The fourth-order valence-corrected chi connectivity index (χ4v) is 3.06. The van der Waals surface area contributed by atoms with Crippen molar-refractivity contribution >= 4 is 17.5 Å². The molecule has 0 saturated carbocycles. The third-order valence-electron chi connectivity index (χ3n) is 4.61. The maximum atomic E-state index is 13.0. The fraction of sp³-hybridized carbons (Fsp3) is 0.300. The Labute approximate surface area is 150 Å². The quantitative estimate of drug-likeness (QED) is 0.625. The molecular formula is C20H19FN2O3. The number of nitrogens with zero attached hydrogens (tertiary/aromatic N) is 2. The molecule has 1 saturated heterocycles. The lowest BCUT2D eigenvalue weighted by atomic mass is 9.94. The van der Waals surface area contributed by atoms with Crippen LogP contribution in [0.1, 0.15) is 45.7 Å². The number of likely N-dealkylation sites (tertiary alicyclic amines) is 1. The predicted octanol–water partition coefficient (Wildman–Crippen LogP) is 2.89. The van der Waals surface area contributed by atoms with E-state index in [4.69, 9.17) is 0 Å². The van der Waals surface area contributed by atoms with Crippen molar-refractivity contribution in [2.45, 2.75) is 19.3 Å². The van der Waals surface area contributed by atoms with Gasteiger partial charge in [-0.3, -0.25) is 19.4 Å². The van der Waals surface area contributed by atoms with E-state index in [1.54, 1.807) is 11.9 Å². The van der Waals surface area contributed by atoms with Gasteiger partial charge in [-0.25, -0.2) is 4.39 Å². The predicted molar refractivity (Wildman–Crippen MR) is 93.4 cm³/mol. The first-order chi connectivity index (χ1) is 12.5. The fourth-order valence-electron chi connectivity index (χ4n) is 3.06. The van der Waals surface area contributed by atoms with Gasteiger partial charge in [-0.05, 0) is 49.2 Å². The number of carbonyl (C=O) groups excluding carboxylic acids is 3. The Balaban J connectivity index is 1.78. The molecule has 0 radical (unpaired) electrons. The number of aromatic nitrogens is 1. The largest absolute Gasteiger partial charge is 0.345 e. The summed E-state index contributed by atoms with van der Waals surface area (Å²) in [7, 11) is 1.70. The van der Waals surface area contributed by atoms with Gasteiger partial charge in [0.25, 0.3) is 0 Å². The van der Waals surface area contributed by atoms with Gasteiger partial charge < -0.3 is 4.90 Å². The molecule has 1 amide bonds. The average Bonchev–Trinajstić information content (AvgIpc) is 2.83. The third-order valence-corrected chi connectivity index (χ3v) is 4.61. The zero-order valence-corrected chi connectivity index (χ0v) is 14.4. The highest BCUT2D eigenvalue weighted by Crippen LogP contribution is 2.21. The number of carbonyl (C=O) groups is 3. The van der Waals surface area contributed by atoms with Gasteiger partial charge in [-0.15, -0.1) is 0 Å². The second kappa shape index (κ2) is 7.56. The molecule has 0 N–H and O–H groups in total. The van der Waals surface area contributed by atoms with Gasteiger partial charge in [-0.1, -0.05) is 6.42 Å². The van der Waals surface area contributed by atoms with Crippen molar-refractivity contribution in [2.24, 2.45) is 5.92 Å². The van der Waals surface area contributed by atoms with E-state index in [0.29, 0.717) is 24.1 Å². The molecular weight excluding hydrogens is 335 g/mol. The van der Waals surface area contributed by atoms with E-state index in [-0.39, 0.29) is 23.2 Å². The summed E-state index contributed by atoms with van der Waals surface area (Å²) in [5.74, 6) is -1.93. The van der Waals surface area contributed by atoms with Crippen molar-refractivity contribution in [1.82, 2.24) is 9.88 Å². The van der Waals surface area contributed by atoms with Crippen molar-refractivity contribution in [1.29, 1.82) is 0 Å². The number of pyridine rings is 1. The topological polar surface area (TPSA) is 67.3 Å². The molecule has 0 bridgehead atoms. The van der Waals surface area contributed by atoms with Crippen molar-refractivity contribution in [3.63, 3.8) is 0 Å². The minimum Gasteiger partial charge on any atom is -0.345 e. The first-order valence-electron chi connectivity index (χ1n) is 8.53. The number of Topliss-reactive ketones (excluding diaryl/α,β-unsaturated/α-hetero) is 1. The van der Waals surface area contributed by atoms with Crippen LogP contribution in [0.15, 0.2) is 42.6 Å². The molecule has 1 aromatic carbocycles. The van der Waals surface area contributed by atoms with Crippen LogP contribution >= 0.6 is 0 Å². The molecule has 2 heterocycles. The summed E-state index contributed by atoms with van der Waals surface area (Å²) in [6.07, 6.45) is 3.53. The maximum absolute atomic E-state index is 13.0. The maximum Gasteiger partial charge on any atom is 0.233 e. The van der Waals surface area contributed by atoms with Crippen LogP contribution in [0, 0.1) is 11.7 Å². The summed E-state index contributed by atoms with van der Waals surface area (Å²) in [6.45, 7) is 0.654. The Kier molecular flexibility index (Phi) is 5.21. The van der Waals surface area contributed by atoms with Crippen LogP contribution in [0.3, 0.4) is 0 Å². The summed E-state index contributed by atoms with van der Waals surface area (Å²) in [6, 6.07) is 8.21. The van der Waals surface area contributed by atoms with Gasteiger partial charge in [0.2, 0.25) is 5.91 Å². The molecule has 0 spiro atoms. The Morgan fingerprint density at radius 1 is 1.08 bits per heavy atom. The van der Waals surface area contributed by atoms with Gasteiger partial charge in [-0.2, -0.15) is 0 Å². The molecule has 1 aliphatic rings. The second-order valence-electron chi connectivity index (χ2n) is 6.44. The van der Waals surface area contributed by atoms with Crippen molar-refractivity contribution in [2.75, 3.05) is 13.6 Å². The van der Waals surface area contributed by atoms with E-state index < -0.39 is 11.7 Å². The molecule has 1 fully saturated rings. The highest BCUT2D eigenvalue weighted by Gasteiger charge is 2.32.